The van der Waals surface area contributed by atoms with Gasteiger partial charge in [-0.05, 0) is 222 Å². The number of rotatable bonds is 16. The maximum atomic E-state index is 11.4. The molecule has 16 bridgehead atoms. The molecule has 85 heavy (non-hydrogen) atoms. The minimum absolute atomic E-state index is 0. The predicted molar refractivity (Wildman–Crippen MR) is 328 cm³/mol. The van der Waals surface area contributed by atoms with Crippen LogP contribution in [0.4, 0.5) is 0 Å². The fourth-order valence-electron chi connectivity index (χ4n) is 11.5. The molecule has 0 atom stereocenters. The van der Waals surface area contributed by atoms with E-state index in [2.05, 4.69) is 46.3 Å². The normalized spacial score (nSPS) is 12.9. The van der Waals surface area contributed by atoms with Crippen molar-refractivity contribution >= 4 is 137 Å². The van der Waals surface area contributed by atoms with Gasteiger partial charge in [-0.2, -0.15) is 0 Å². The largest absolute Gasteiger partial charge is 4.00 e. The molecule has 0 unspecified atom stereocenters. The Bertz CT molecular complexity index is 4120. The van der Waals surface area contributed by atoms with Gasteiger partial charge in [0.15, 0.2) is 0 Å². The van der Waals surface area contributed by atoms with Gasteiger partial charge in [0.25, 0.3) is 0 Å². The second kappa shape index (κ2) is 25.3. The monoisotopic (exact) mass is 1220 g/mol. The fraction of sp³-hybridized carbons (Fsp3) is 0.235. The van der Waals surface area contributed by atoms with E-state index in [1.165, 1.54) is 0 Å². The Morgan fingerprint density at radius 1 is 0.341 bits per heavy atom. The molecule has 0 saturated heterocycles. The minimum Gasteiger partial charge on any atom is -0.550 e. The molecule has 0 saturated carbocycles. The van der Waals surface area contributed by atoms with Crippen LogP contribution in [0.3, 0.4) is 0 Å². The first kappa shape index (κ1) is 61.7. The molecular weight excluding hydrogens is 1160 g/mol. The fourth-order valence-corrected chi connectivity index (χ4v) is 11.5. The number of aromatic amines is 4. The molecule has 0 radical (unpaired) electrons. The topological polar surface area (TPSA) is 275 Å². The summed E-state index contributed by atoms with van der Waals surface area (Å²) >= 11 is 0. The van der Waals surface area contributed by atoms with E-state index in [0.717, 1.165) is 133 Å². The van der Waals surface area contributed by atoms with Crippen molar-refractivity contribution < 1.29 is 59.1 Å². The number of H-pyrrole nitrogens is 4. The van der Waals surface area contributed by atoms with Crippen LogP contribution in [0.5, 0.6) is 0 Å². The Morgan fingerprint density at radius 2 is 0.541 bits per heavy atom. The summed E-state index contributed by atoms with van der Waals surface area (Å²) in [4.78, 5) is 79.4. The molecule has 6 aromatic rings. The number of carbonyl (C=O) groups is 4. The molecule has 0 aliphatic carbocycles. The Balaban J connectivity index is 0.000000219. The number of carboxylic acid groups (broad SMARTS) is 4. The van der Waals surface area contributed by atoms with Gasteiger partial charge in [0.1, 0.15) is 0 Å². The molecule has 4 aliphatic heterocycles. The van der Waals surface area contributed by atoms with Crippen molar-refractivity contribution in [2.75, 3.05) is 0 Å². The van der Waals surface area contributed by atoms with Gasteiger partial charge in [-0.15, -0.1) is 0 Å². The summed E-state index contributed by atoms with van der Waals surface area (Å²) in [6.07, 6.45) is 7.58. The third kappa shape index (κ3) is 12.4. The van der Waals surface area contributed by atoms with Crippen LogP contribution >= 0.6 is 0 Å². The molecule has 16 nitrogen and oxygen atoms in total. The van der Waals surface area contributed by atoms with Crippen molar-refractivity contribution in [3.05, 3.63) is 165 Å². The van der Waals surface area contributed by atoms with Crippen molar-refractivity contribution in [3.63, 3.8) is 0 Å². The molecule has 17 heteroatoms. The molecule has 4 N–H and O–H groups in total. The van der Waals surface area contributed by atoms with Crippen LogP contribution in [0.2, 0.25) is 0 Å². The number of carbonyl (C=O) groups excluding carboxylic acids is 4. The van der Waals surface area contributed by atoms with E-state index in [1.54, 1.807) is 12.2 Å². The quantitative estimate of drug-likeness (QED) is 0.0659. The van der Waals surface area contributed by atoms with Gasteiger partial charge in [-0.1, -0.05) is 50.6 Å². The summed E-state index contributed by atoms with van der Waals surface area (Å²) < 4.78 is 0. The molecule has 0 spiro atoms. The van der Waals surface area contributed by atoms with Crippen molar-refractivity contribution in [3.8, 4) is 0 Å². The number of hydrogen-bond donors (Lipinski definition) is 4. The number of nitrogens with one attached hydrogen (secondary N) is 4. The van der Waals surface area contributed by atoms with Crippen LogP contribution in [0.15, 0.2) is 74.8 Å². The summed E-state index contributed by atoms with van der Waals surface area (Å²) in [5.74, 6) is -4.58. The van der Waals surface area contributed by atoms with Crippen molar-refractivity contribution in [1.29, 1.82) is 0 Å². The van der Waals surface area contributed by atoms with E-state index in [-0.39, 0.29) is 70.8 Å². The zero-order valence-corrected chi connectivity index (χ0v) is 50.6. The summed E-state index contributed by atoms with van der Waals surface area (Å²) in [7, 11) is 0. The van der Waals surface area contributed by atoms with Gasteiger partial charge < -0.3 is 59.5 Å². The van der Waals surface area contributed by atoms with Gasteiger partial charge in [0.2, 0.25) is 0 Å². The Kier molecular flexibility index (Phi) is 18.3. The van der Waals surface area contributed by atoms with Gasteiger partial charge in [0.05, 0.1) is 45.6 Å². The van der Waals surface area contributed by atoms with Crippen LogP contribution in [0, 0.1) is 27.7 Å². The second-order valence-electron chi connectivity index (χ2n) is 21.4. The smallest absolute Gasteiger partial charge is 0.550 e. The Labute approximate surface area is 504 Å². The van der Waals surface area contributed by atoms with Crippen LogP contribution in [0.25, 0.3) is 113 Å². The molecule has 10 rings (SSSR count). The maximum Gasteiger partial charge on any atom is 4.00 e. The van der Waals surface area contributed by atoms with Crippen LogP contribution in [-0.4, -0.2) is 63.7 Å². The summed E-state index contributed by atoms with van der Waals surface area (Å²) in [6.45, 7) is 31.9. The molecule has 432 valence electrons. The van der Waals surface area contributed by atoms with Crippen LogP contribution < -0.4 is 20.4 Å². The van der Waals surface area contributed by atoms with Gasteiger partial charge >= 0.3 is 19.5 Å². The Morgan fingerprint density at radius 3 is 0.753 bits per heavy atom. The zero-order chi connectivity index (χ0) is 60.6. The Hall–Kier alpha value is -9.34. The number of aliphatic carboxylic acids is 4. The first-order valence-electron chi connectivity index (χ1n) is 27.7. The van der Waals surface area contributed by atoms with E-state index in [9.17, 15) is 39.6 Å². The maximum absolute atomic E-state index is 11.4. The number of aromatic nitrogens is 8. The average Bonchev–Trinajstić information content (AvgIpc) is 1.94. The van der Waals surface area contributed by atoms with Gasteiger partial charge in [-0.25, -0.2) is 19.9 Å². The second-order valence-corrected chi connectivity index (χ2v) is 21.4. The van der Waals surface area contributed by atoms with E-state index in [4.69, 9.17) is 19.9 Å². The average molecular weight is 1220 g/mol. The number of allylic oxidation sites excluding steroid dienone is 8. The van der Waals surface area contributed by atoms with Gasteiger partial charge in [-0.3, -0.25) is 0 Å². The first-order chi connectivity index (χ1) is 40.0. The first-order valence-corrected chi connectivity index (χ1v) is 27.7. The number of aryl methyl sites for hydroxylation is 4. The summed E-state index contributed by atoms with van der Waals surface area (Å²) in [5.41, 5.74) is 26.5. The molecule has 6 aromatic heterocycles. The number of carboxylic acids is 4. The molecule has 10 heterocycles. The van der Waals surface area contributed by atoms with Crippen molar-refractivity contribution in [2.24, 2.45) is 0 Å². The van der Waals surface area contributed by atoms with Crippen molar-refractivity contribution in [2.45, 2.75) is 107 Å². The van der Waals surface area contributed by atoms with Crippen molar-refractivity contribution in [1.82, 2.24) is 39.9 Å². The number of fused-ring (bicyclic) bond motifs is 16. The number of nitrogens with zero attached hydrogens (tertiary/aromatic N) is 4. The summed E-state index contributed by atoms with van der Waals surface area (Å²) in [6, 6.07) is 15.6. The molecule has 0 aromatic carbocycles. The van der Waals surface area contributed by atoms with E-state index >= 15 is 0 Å². The molecular formula is C68H64N8O8Ru. The predicted octanol–water partition coefficient (Wildman–Crippen LogP) is 10.3. The van der Waals surface area contributed by atoms with Crippen LogP contribution in [0.1, 0.15) is 169 Å². The van der Waals surface area contributed by atoms with Gasteiger partial charge in [0, 0.05) is 90.3 Å². The summed E-state index contributed by atoms with van der Waals surface area (Å²) in [5, 5.41) is 45.6. The van der Waals surface area contributed by atoms with E-state index in [0.29, 0.717) is 45.6 Å². The number of hydrogen-bond acceptors (Lipinski definition) is 12. The minimum atomic E-state index is -1.15. The molecule has 0 fully saturated rings. The van der Waals surface area contributed by atoms with E-state index in [1.807, 2.05) is 116 Å². The molecule has 4 aliphatic rings. The zero-order valence-electron chi connectivity index (χ0n) is 48.8. The third-order valence-electron chi connectivity index (χ3n) is 16.4. The SMILES string of the molecule is C=Cc1c(C)c2cc3[nH]c(cc4nc(cc5nc(cc1[nH]2)C(C)=C5CCC(=O)[O-])C(CCC(=O)[O-])=C4C)c(C)c3C=C.C=Cc1c(C)c2cc3[nH]c(cc4nc(cc5nc(cc1[nH]2)C(C)=C5CCC(=O)[O-])C(CCC(=O)[O-])=C4C)c(C)c3C=C.[Ru+4]. The third-order valence-corrected chi connectivity index (χ3v) is 16.4. The van der Waals surface area contributed by atoms with Crippen LogP contribution in [-0.2, 0) is 38.7 Å². The standard InChI is InChI=1S/2C34H34N4O4.Ru/c2*1-7-21-17(3)25-13-26-19(5)23(9-11-33(39)40)31(37-26)16-32-24(10-12-34(41)42)20(6)28(38-32)15-30-22(8-2)18(4)27(36-30)14-29(21)35-25;/h2*7-8,13-16,35-36H,1-2,9-12H2,3-6H3,(H,39,40)(H,41,42);/q;;+4/p-4. The molecule has 0 amide bonds. The van der Waals surface area contributed by atoms with E-state index < -0.39 is 23.9 Å².